The van der Waals surface area contributed by atoms with Gasteiger partial charge in [0.1, 0.15) is 11.5 Å². The van der Waals surface area contributed by atoms with E-state index in [0.717, 1.165) is 28.0 Å². The van der Waals surface area contributed by atoms with Gasteiger partial charge in [0.2, 0.25) is 0 Å². The summed E-state index contributed by atoms with van der Waals surface area (Å²) in [6.07, 6.45) is 5.69. The second-order valence-electron chi connectivity index (χ2n) is 7.69. The summed E-state index contributed by atoms with van der Waals surface area (Å²) >= 11 is 0. The van der Waals surface area contributed by atoms with Crippen LogP contribution in [-0.2, 0) is 13.2 Å². The highest BCUT2D eigenvalue weighted by Gasteiger charge is 2.23. The molecule has 1 fully saturated rings. The summed E-state index contributed by atoms with van der Waals surface area (Å²) in [4.78, 5) is 17.3. The molecule has 1 aliphatic carbocycles. The highest BCUT2D eigenvalue weighted by Crippen LogP contribution is 2.32. The van der Waals surface area contributed by atoms with E-state index >= 15 is 0 Å². The van der Waals surface area contributed by atoms with Gasteiger partial charge in [0.05, 0.1) is 25.9 Å². The van der Waals surface area contributed by atoms with Crippen molar-refractivity contribution in [3.05, 3.63) is 77.6 Å². The third-order valence-corrected chi connectivity index (χ3v) is 5.40. The lowest BCUT2D eigenvalue weighted by Gasteiger charge is -2.15. The number of amides is 1. The van der Waals surface area contributed by atoms with E-state index in [9.17, 15) is 9.90 Å². The summed E-state index contributed by atoms with van der Waals surface area (Å²) < 4.78 is 11.1. The number of aliphatic hydroxyl groups is 1. The van der Waals surface area contributed by atoms with Crippen molar-refractivity contribution in [1.29, 1.82) is 0 Å². The number of rotatable bonds is 9. The quantitative estimate of drug-likeness (QED) is 0.550. The molecule has 1 heterocycles. The predicted molar refractivity (Wildman–Crippen MR) is 118 cm³/mol. The summed E-state index contributed by atoms with van der Waals surface area (Å²) in [5, 5.41) is 12.7. The van der Waals surface area contributed by atoms with Gasteiger partial charge in [0, 0.05) is 24.5 Å². The predicted octanol–water partition coefficient (Wildman–Crippen LogP) is 3.97. The lowest BCUT2D eigenvalue weighted by atomic mass is 9.99. The number of hydrogen-bond acceptors (Lipinski definition) is 5. The molecule has 0 spiro atoms. The maximum absolute atomic E-state index is 13.1. The number of methoxy groups -OCH3 is 1. The van der Waals surface area contributed by atoms with Gasteiger partial charge >= 0.3 is 0 Å². The van der Waals surface area contributed by atoms with Crippen molar-refractivity contribution in [2.45, 2.75) is 26.0 Å². The molecule has 1 amide bonds. The van der Waals surface area contributed by atoms with Crippen LogP contribution in [0.1, 0.15) is 34.3 Å². The molecule has 0 saturated heterocycles. The van der Waals surface area contributed by atoms with Gasteiger partial charge in [0.25, 0.3) is 5.91 Å². The summed E-state index contributed by atoms with van der Waals surface area (Å²) in [6.45, 7) is 0.910. The Labute approximate surface area is 181 Å². The molecule has 1 aliphatic rings. The topological polar surface area (TPSA) is 80.7 Å². The van der Waals surface area contributed by atoms with Crippen LogP contribution in [-0.4, -0.2) is 29.7 Å². The van der Waals surface area contributed by atoms with Crippen LogP contribution >= 0.6 is 0 Å². The molecule has 6 nitrogen and oxygen atoms in total. The van der Waals surface area contributed by atoms with Crippen molar-refractivity contribution < 1.29 is 19.4 Å². The zero-order valence-corrected chi connectivity index (χ0v) is 17.5. The van der Waals surface area contributed by atoms with E-state index in [1.165, 1.54) is 12.8 Å². The number of nitrogens with zero attached hydrogens (tertiary/aromatic N) is 1. The number of hydrogen-bond donors (Lipinski definition) is 2. The number of aromatic nitrogens is 1. The van der Waals surface area contributed by atoms with Crippen molar-refractivity contribution in [2.24, 2.45) is 5.92 Å². The fourth-order valence-corrected chi connectivity index (χ4v) is 3.34. The molecule has 3 aromatic rings. The molecule has 1 aromatic heterocycles. The highest BCUT2D eigenvalue weighted by atomic mass is 16.5. The number of benzene rings is 2. The number of ether oxygens (including phenoxy) is 2. The normalized spacial score (nSPS) is 13.0. The minimum absolute atomic E-state index is 0.100. The van der Waals surface area contributed by atoms with Crippen LogP contribution in [0.4, 0.5) is 0 Å². The first-order valence-corrected chi connectivity index (χ1v) is 10.4. The summed E-state index contributed by atoms with van der Waals surface area (Å²) in [5.41, 5.74) is 3.81. The molecule has 2 N–H and O–H groups in total. The van der Waals surface area contributed by atoms with E-state index in [-0.39, 0.29) is 12.5 Å². The van der Waals surface area contributed by atoms with Crippen LogP contribution in [0.15, 0.2) is 60.9 Å². The first-order chi connectivity index (χ1) is 15.2. The number of carbonyl (C=O) groups is 1. The molecule has 0 bridgehead atoms. The lowest BCUT2D eigenvalue weighted by molar-refractivity contribution is 0.0946. The van der Waals surface area contributed by atoms with Crippen LogP contribution in [0.2, 0.25) is 0 Å². The molecule has 0 atom stereocenters. The van der Waals surface area contributed by atoms with Crippen LogP contribution < -0.4 is 14.8 Å². The Hall–Kier alpha value is -3.38. The molecule has 31 heavy (non-hydrogen) atoms. The Morgan fingerprint density at radius 1 is 1.16 bits per heavy atom. The smallest absolute Gasteiger partial charge is 0.255 e. The van der Waals surface area contributed by atoms with Crippen molar-refractivity contribution in [2.75, 3.05) is 13.7 Å². The van der Waals surface area contributed by atoms with Gasteiger partial charge in [-0.1, -0.05) is 18.2 Å². The Kier molecular flexibility index (Phi) is 6.48. The SMILES string of the molecule is COc1ccc(CNC(=O)c2cc(-c3cnccc3CO)ccc2OCC2CC2)cc1. The first kappa shape index (κ1) is 20.9. The minimum atomic E-state index is -0.210. The van der Waals surface area contributed by atoms with Gasteiger partial charge in [-0.15, -0.1) is 0 Å². The number of nitrogens with one attached hydrogen (secondary N) is 1. The molecule has 4 rings (SSSR count). The molecular formula is C25H26N2O4. The molecule has 6 heteroatoms. The Morgan fingerprint density at radius 2 is 1.97 bits per heavy atom. The van der Waals surface area contributed by atoms with Crippen LogP contribution in [0, 0.1) is 5.92 Å². The largest absolute Gasteiger partial charge is 0.497 e. The van der Waals surface area contributed by atoms with Gasteiger partial charge in [0.15, 0.2) is 0 Å². The van der Waals surface area contributed by atoms with E-state index < -0.39 is 0 Å². The van der Waals surface area contributed by atoms with Gasteiger partial charge in [-0.25, -0.2) is 0 Å². The number of aliphatic hydroxyl groups excluding tert-OH is 1. The van der Waals surface area contributed by atoms with Crippen molar-refractivity contribution in [1.82, 2.24) is 10.3 Å². The molecule has 0 aliphatic heterocycles. The van der Waals surface area contributed by atoms with E-state index in [1.807, 2.05) is 42.5 Å². The lowest BCUT2D eigenvalue weighted by Crippen LogP contribution is -2.23. The molecule has 0 radical (unpaired) electrons. The zero-order valence-electron chi connectivity index (χ0n) is 17.5. The zero-order chi connectivity index (χ0) is 21.6. The van der Waals surface area contributed by atoms with Gasteiger partial charge in [-0.3, -0.25) is 9.78 Å². The fraction of sp³-hybridized carbons (Fsp3) is 0.280. The summed E-state index contributed by atoms with van der Waals surface area (Å²) in [6, 6.07) is 14.9. The van der Waals surface area contributed by atoms with Gasteiger partial charge < -0.3 is 19.9 Å². The molecule has 160 valence electrons. The number of pyridine rings is 1. The molecule has 0 unspecified atom stereocenters. The second kappa shape index (κ2) is 9.62. The van der Waals surface area contributed by atoms with E-state index in [0.29, 0.717) is 30.4 Å². The van der Waals surface area contributed by atoms with Crippen molar-refractivity contribution >= 4 is 5.91 Å². The monoisotopic (exact) mass is 418 g/mol. The minimum Gasteiger partial charge on any atom is -0.497 e. The molecular weight excluding hydrogens is 392 g/mol. The van der Waals surface area contributed by atoms with Crippen LogP contribution in [0.3, 0.4) is 0 Å². The van der Waals surface area contributed by atoms with E-state index in [4.69, 9.17) is 9.47 Å². The van der Waals surface area contributed by atoms with E-state index in [1.54, 1.807) is 25.6 Å². The maximum atomic E-state index is 13.1. The van der Waals surface area contributed by atoms with Gasteiger partial charge in [-0.05, 0) is 65.8 Å². The first-order valence-electron chi connectivity index (χ1n) is 10.4. The second-order valence-corrected chi connectivity index (χ2v) is 7.69. The average Bonchev–Trinajstić information content (AvgIpc) is 3.66. The standard InChI is InChI=1S/C25H26N2O4/c1-30-21-7-4-17(5-8-21)13-27-25(29)22-12-19(23-14-26-11-10-20(23)15-28)6-9-24(22)31-16-18-2-3-18/h4-12,14,18,28H,2-3,13,15-16H2,1H3,(H,27,29). The average molecular weight is 418 g/mol. The molecule has 1 saturated carbocycles. The van der Waals surface area contributed by atoms with E-state index in [2.05, 4.69) is 10.3 Å². The van der Waals surface area contributed by atoms with Crippen LogP contribution in [0.5, 0.6) is 11.5 Å². The van der Waals surface area contributed by atoms with Crippen LogP contribution in [0.25, 0.3) is 11.1 Å². The molecule has 2 aromatic carbocycles. The Morgan fingerprint density at radius 3 is 2.68 bits per heavy atom. The van der Waals surface area contributed by atoms with Crippen molar-refractivity contribution in [3.63, 3.8) is 0 Å². The summed E-state index contributed by atoms with van der Waals surface area (Å²) in [5.74, 6) is 1.71. The third kappa shape index (κ3) is 5.22. The highest BCUT2D eigenvalue weighted by molar-refractivity contribution is 5.98. The maximum Gasteiger partial charge on any atom is 0.255 e. The Bertz CT molecular complexity index is 1050. The summed E-state index contributed by atoms with van der Waals surface area (Å²) in [7, 11) is 1.62. The number of carbonyl (C=O) groups excluding carboxylic acids is 1. The third-order valence-electron chi connectivity index (χ3n) is 5.40. The fourth-order valence-electron chi connectivity index (χ4n) is 3.34. The van der Waals surface area contributed by atoms with Crippen molar-refractivity contribution in [3.8, 4) is 22.6 Å². The Balaban J connectivity index is 1.57. The van der Waals surface area contributed by atoms with Gasteiger partial charge in [-0.2, -0.15) is 0 Å².